The van der Waals surface area contributed by atoms with Crippen molar-refractivity contribution >= 4 is 75.3 Å². The first-order valence-corrected chi connectivity index (χ1v) is 14.9. The third-order valence-corrected chi connectivity index (χ3v) is 9.07. The zero-order valence-corrected chi connectivity index (χ0v) is 23.9. The predicted molar refractivity (Wildman–Crippen MR) is 185 cm³/mol. The Hall–Kier alpha value is -5.85. The van der Waals surface area contributed by atoms with Crippen LogP contribution in [0.5, 0.6) is 0 Å². The van der Waals surface area contributed by atoms with E-state index in [0.29, 0.717) is 22.3 Å². The van der Waals surface area contributed by atoms with E-state index < -0.39 is 36.3 Å². The van der Waals surface area contributed by atoms with E-state index in [0.717, 1.165) is 22.1 Å². The molecule has 10 aromatic rings. The third kappa shape index (κ3) is 3.63. The maximum absolute atomic E-state index is 9.33. The molecule has 10 rings (SSSR count). The Kier molecular flexibility index (Phi) is 3.49. The molecule has 4 heterocycles. The number of hydrogen-bond acceptors (Lipinski definition) is 5. The molecule has 0 spiro atoms. The molecule has 0 aliphatic heterocycles. The van der Waals surface area contributed by atoms with Gasteiger partial charge in [0.05, 0.1) is 29.4 Å². The number of rotatable bonds is 3. The normalized spacial score (nSPS) is 15.1. The van der Waals surface area contributed by atoms with Crippen LogP contribution in [-0.4, -0.2) is 19.5 Å². The summed E-state index contributed by atoms with van der Waals surface area (Å²) in [6.45, 7) is 0. The summed E-state index contributed by atoms with van der Waals surface area (Å²) in [5.74, 6) is 0.452. The summed E-state index contributed by atoms with van der Waals surface area (Å²) in [5, 5.41) is 1.91. The second kappa shape index (κ2) is 9.32. The molecule has 0 amide bonds. The van der Waals surface area contributed by atoms with Gasteiger partial charge in [0.1, 0.15) is 11.2 Å². The summed E-state index contributed by atoms with van der Waals surface area (Å²) in [6, 6.07) is 18.2. The molecule has 6 heteroatoms. The van der Waals surface area contributed by atoms with Gasteiger partial charge in [-0.15, -0.1) is 11.3 Å². The van der Waals surface area contributed by atoms with E-state index in [-0.39, 0.29) is 83.7 Å². The molecule has 0 aliphatic carbocycles. The minimum Gasteiger partial charge on any atom is -0.456 e. The maximum atomic E-state index is 9.33. The zero-order valence-electron chi connectivity index (χ0n) is 33.0. The van der Waals surface area contributed by atoms with Gasteiger partial charge in [-0.25, -0.2) is 4.98 Å². The van der Waals surface area contributed by atoms with Crippen molar-refractivity contribution in [1.82, 2.24) is 19.5 Å². The minimum absolute atomic E-state index is 0.0204. The van der Waals surface area contributed by atoms with E-state index in [4.69, 9.17) is 29.0 Å². The first-order chi connectivity index (χ1) is 26.5. The Morgan fingerprint density at radius 2 is 1.31 bits per heavy atom. The Balaban J connectivity index is 1.41. The molecular formula is C39H22N4OS. The molecule has 0 saturated heterocycles. The van der Waals surface area contributed by atoms with Gasteiger partial charge in [0.25, 0.3) is 0 Å². The predicted octanol–water partition coefficient (Wildman–Crippen LogP) is 10.6. The van der Waals surface area contributed by atoms with Crippen molar-refractivity contribution < 1.29 is 18.1 Å². The van der Waals surface area contributed by atoms with Crippen LogP contribution >= 0.6 is 11.3 Å². The lowest BCUT2D eigenvalue weighted by Gasteiger charge is -2.11. The summed E-state index contributed by atoms with van der Waals surface area (Å²) < 4.78 is 96.3. The van der Waals surface area contributed by atoms with Crippen LogP contribution in [0.4, 0.5) is 0 Å². The van der Waals surface area contributed by atoms with Crippen molar-refractivity contribution in [2.24, 2.45) is 0 Å². The van der Waals surface area contributed by atoms with Crippen LogP contribution in [0.25, 0.3) is 92.6 Å². The summed E-state index contributed by atoms with van der Waals surface area (Å²) >= 11 is 0.994. The number of thiophene rings is 1. The average Bonchev–Trinajstić information content (AvgIpc) is 3.90. The van der Waals surface area contributed by atoms with Crippen LogP contribution in [-0.2, 0) is 0 Å². The van der Waals surface area contributed by atoms with Crippen molar-refractivity contribution in [3.63, 3.8) is 0 Å². The largest absolute Gasteiger partial charge is 0.456 e. The van der Waals surface area contributed by atoms with Gasteiger partial charge < -0.3 is 4.42 Å². The summed E-state index contributed by atoms with van der Waals surface area (Å²) in [5.41, 5.74) is 2.75. The van der Waals surface area contributed by atoms with E-state index in [2.05, 4.69) is 0 Å². The minimum atomic E-state index is -0.527. The van der Waals surface area contributed by atoms with Gasteiger partial charge in [-0.3, -0.25) is 4.57 Å². The van der Waals surface area contributed by atoms with Gasteiger partial charge in [-0.05, 0) is 36.4 Å². The molecule has 210 valence electrons. The molecule has 6 aromatic carbocycles. The van der Waals surface area contributed by atoms with Crippen LogP contribution in [0, 0.1) is 0 Å². The fraction of sp³-hybridized carbons (Fsp3) is 0. The molecule has 45 heavy (non-hydrogen) atoms. The fourth-order valence-electron chi connectivity index (χ4n) is 5.94. The van der Waals surface area contributed by atoms with Crippen LogP contribution in [0.1, 0.15) is 13.7 Å². The van der Waals surface area contributed by atoms with Crippen molar-refractivity contribution in [1.29, 1.82) is 0 Å². The Bertz CT molecular complexity index is 3340. The first-order valence-electron chi connectivity index (χ1n) is 19.1. The average molecular weight is 605 g/mol. The highest BCUT2D eigenvalue weighted by molar-refractivity contribution is 7.26. The highest BCUT2D eigenvalue weighted by Gasteiger charge is 2.21. The highest BCUT2D eigenvalue weighted by atomic mass is 32.1. The number of benzene rings is 6. The van der Waals surface area contributed by atoms with E-state index >= 15 is 0 Å². The first kappa shape index (κ1) is 16.9. The SMILES string of the molecule is [2H]c1c([2H])c([2H])c2c(sc3c2c([2H])c([2H])c2c4c([2H])c([2H])c([2H])c([2H])c4n(-c4nc(-c5ccccc5)nc(-c5ccc6oc7ccccc7c6c5)n4)c32)c1[2H]. The molecule has 0 unspecified atom stereocenters. The van der Waals surface area contributed by atoms with Crippen LogP contribution in [0.3, 0.4) is 0 Å². The molecule has 0 saturated carbocycles. The van der Waals surface area contributed by atoms with Gasteiger partial charge in [0.2, 0.25) is 5.95 Å². The Morgan fingerprint density at radius 3 is 2.22 bits per heavy atom. The number of para-hydroxylation sites is 2. The van der Waals surface area contributed by atoms with Crippen molar-refractivity contribution in [2.75, 3.05) is 0 Å². The van der Waals surface area contributed by atoms with Gasteiger partial charge >= 0.3 is 0 Å². The van der Waals surface area contributed by atoms with Crippen LogP contribution in [0.15, 0.2) is 138 Å². The van der Waals surface area contributed by atoms with E-state index in [1.54, 1.807) is 0 Å². The van der Waals surface area contributed by atoms with E-state index in [1.165, 1.54) is 4.57 Å². The molecule has 0 atom stereocenters. The second-order valence-electron chi connectivity index (χ2n) is 10.5. The number of aromatic nitrogens is 4. The molecule has 5 nitrogen and oxygen atoms in total. The van der Waals surface area contributed by atoms with Crippen LogP contribution in [0.2, 0.25) is 0 Å². The maximum Gasteiger partial charge on any atom is 0.238 e. The number of furan rings is 1. The van der Waals surface area contributed by atoms with Crippen LogP contribution < -0.4 is 0 Å². The van der Waals surface area contributed by atoms with Gasteiger partial charge in [-0.2, -0.15) is 9.97 Å². The smallest absolute Gasteiger partial charge is 0.238 e. The van der Waals surface area contributed by atoms with Crippen molar-refractivity contribution in [3.05, 3.63) is 133 Å². The lowest BCUT2D eigenvalue weighted by atomic mass is 10.1. The monoisotopic (exact) mass is 604 g/mol. The lowest BCUT2D eigenvalue weighted by Crippen LogP contribution is -2.06. The van der Waals surface area contributed by atoms with Gasteiger partial charge in [0.15, 0.2) is 11.6 Å². The second-order valence-corrected chi connectivity index (χ2v) is 11.5. The zero-order chi connectivity index (χ0) is 38.2. The fourth-order valence-corrected chi connectivity index (χ4v) is 7.05. The Labute approximate surface area is 274 Å². The third-order valence-electron chi connectivity index (χ3n) is 7.95. The van der Waals surface area contributed by atoms with Gasteiger partial charge in [-0.1, -0.05) is 96.9 Å². The topological polar surface area (TPSA) is 56.7 Å². The number of fused-ring (bicyclic) bond motifs is 10. The summed E-state index contributed by atoms with van der Waals surface area (Å²) in [6.07, 6.45) is 0. The lowest BCUT2D eigenvalue weighted by molar-refractivity contribution is 0.669. The van der Waals surface area contributed by atoms with Crippen molar-refractivity contribution in [2.45, 2.75) is 0 Å². The van der Waals surface area contributed by atoms with Gasteiger partial charge in [0, 0.05) is 48.1 Å². The summed E-state index contributed by atoms with van der Waals surface area (Å²) in [4.78, 5) is 14.8. The standard InChI is InChI=1S/C39H22N4OS/c1-2-10-23(11-3-1)37-40-38(24-18-21-33-30(22-24)26-13-5-8-16-32(26)44-33)42-39(41-37)43-31-15-7-4-12-25(31)28-19-20-29-27-14-6-9-17-34(27)45-36(29)35(28)43/h1-22H/i4D,6D,7D,9D,12D,14D,15D,17D,19D,20D. The molecule has 0 fully saturated rings. The molecule has 0 bridgehead atoms. The number of nitrogens with zero attached hydrogens (tertiary/aromatic N) is 4. The Morgan fingerprint density at radius 1 is 0.578 bits per heavy atom. The molecule has 0 radical (unpaired) electrons. The molecule has 0 aliphatic rings. The quantitative estimate of drug-likeness (QED) is 0.201. The van der Waals surface area contributed by atoms with E-state index in [1.807, 2.05) is 72.8 Å². The molecule has 0 N–H and O–H groups in total. The highest BCUT2D eigenvalue weighted by Crippen LogP contribution is 2.43. The number of hydrogen-bond donors (Lipinski definition) is 0. The van der Waals surface area contributed by atoms with Crippen molar-refractivity contribution in [3.8, 4) is 28.7 Å². The van der Waals surface area contributed by atoms with E-state index in [9.17, 15) is 4.11 Å². The molecule has 4 aromatic heterocycles. The molecular weight excluding hydrogens is 573 g/mol. The summed E-state index contributed by atoms with van der Waals surface area (Å²) in [7, 11) is 0.